The lowest BCUT2D eigenvalue weighted by molar-refractivity contribution is -0.151. The van der Waals surface area contributed by atoms with E-state index < -0.39 is 11.9 Å². The Hall–Kier alpha value is -3.14. The second-order valence-electron chi connectivity index (χ2n) is 6.68. The minimum absolute atomic E-state index is 0.201. The first-order valence-corrected chi connectivity index (χ1v) is 9.40. The maximum absolute atomic E-state index is 12.8. The van der Waals surface area contributed by atoms with Gasteiger partial charge in [0, 0.05) is 5.92 Å². The van der Waals surface area contributed by atoms with Crippen molar-refractivity contribution in [2.75, 3.05) is 13.7 Å². The van der Waals surface area contributed by atoms with Crippen molar-refractivity contribution < 1.29 is 19.1 Å². The molecule has 0 radical (unpaired) electrons. The number of carbonyl (C=O) groups excluding carboxylic acids is 2. The van der Waals surface area contributed by atoms with Crippen LogP contribution in [-0.2, 0) is 14.3 Å². The van der Waals surface area contributed by atoms with Crippen LogP contribution in [0.2, 0.25) is 0 Å². The summed E-state index contributed by atoms with van der Waals surface area (Å²) in [6.07, 6.45) is 6.08. The Bertz CT molecular complexity index is 879. The van der Waals surface area contributed by atoms with E-state index >= 15 is 0 Å². The van der Waals surface area contributed by atoms with Gasteiger partial charge in [-0.15, -0.1) is 0 Å². The quantitative estimate of drug-likeness (QED) is 0.547. The normalized spacial score (nSPS) is 19.4. The third-order valence-electron chi connectivity index (χ3n) is 4.87. The van der Waals surface area contributed by atoms with Gasteiger partial charge in [0.05, 0.1) is 13.7 Å². The van der Waals surface area contributed by atoms with Gasteiger partial charge in [-0.1, -0.05) is 54.6 Å². The molecule has 2 atom stereocenters. The summed E-state index contributed by atoms with van der Waals surface area (Å²) in [6.45, 7) is 2.01. The van der Waals surface area contributed by atoms with Gasteiger partial charge in [0.25, 0.3) is 0 Å². The molecule has 0 aromatic heterocycles. The lowest BCUT2D eigenvalue weighted by Gasteiger charge is -2.28. The summed E-state index contributed by atoms with van der Waals surface area (Å²) in [5.41, 5.74) is 2.88. The van der Waals surface area contributed by atoms with Gasteiger partial charge >= 0.3 is 5.97 Å². The molecule has 1 aliphatic rings. The molecule has 0 heterocycles. The Labute approximate surface area is 165 Å². The molecule has 0 fully saturated rings. The fourth-order valence-corrected chi connectivity index (χ4v) is 3.46. The number of ketones is 1. The topological polar surface area (TPSA) is 52.6 Å². The Morgan fingerprint density at radius 3 is 2.43 bits per heavy atom. The van der Waals surface area contributed by atoms with Crippen LogP contribution < -0.4 is 4.74 Å². The molecule has 0 spiro atoms. The van der Waals surface area contributed by atoms with E-state index in [1.165, 1.54) is 0 Å². The number of carbonyl (C=O) groups is 2. The van der Waals surface area contributed by atoms with Crippen LogP contribution in [0.4, 0.5) is 0 Å². The largest absolute Gasteiger partial charge is 0.497 e. The number of methoxy groups -OCH3 is 1. The first kappa shape index (κ1) is 19.6. The predicted molar refractivity (Wildman–Crippen MR) is 109 cm³/mol. The van der Waals surface area contributed by atoms with Crippen molar-refractivity contribution in [2.45, 2.75) is 19.3 Å². The molecule has 0 saturated heterocycles. The highest BCUT2D eigenvalue weighted by molar-refractivity contribution is 6.07. The molecule has 1 aliphatic carbocycles. The van der Waals surface area contributed by atoms with Gasteiger partial charge in [0.2, 0.25) is 0 Å². The van der Waals surface area contributed by atoms with Crippen molar-refractivity contribution in [3.63, 3.8) is 0 Å². The van der Waals surface area contributed by atoms with Gasteiger partial charge in [-0.2, -0.15) is 0 Å². The molecule has 0 saturated carbocycles. The monoisotopic (exact) mass is 376 g/mol. The number of hydrogen-bond donors (Lipinski definition) is 0. The van der Waals surface area contributed by atoms with Crippen LogP contribution in [0.15, 0.2) is 72.3 Å². The third kappa shape index (κ3) is 4.58. The second-order valence-corrected chi connectivity index (χ2v) is 6.68. The van der Waals surface area contributed by atoms with E-state index in [0.717, 1.165) is 22.4 Å². The van der Waals surface area contributed by atoms with Crippen LogP contribution in [-0.4, -0.2) is 25.5 Å². The first-order valence-electron chi connectivity index (χ1n) is 9.40. The molecule has 0 bridgehead atoms. The summed E-state index contributed by atoms with van der Waals surface area (Å²) in [7, 11) is 1.63. The highest BCUT2D eigenvalue weighted by atomic mass is 16.5. The molecule has 4 heteroatoms. The molecule has 0 aliphatic heterocycles. The highest BCUT2D eigenvalue weighted by Gasteiger charge is 2.38. The van der Waals surface area contributed by atoms with Crippen LogP contribution in [0, 0.1) is 5.92 Å². The zero-order chi connectivity index (χ0) is 19.9. The lowest BCUT2D eigenvalue weighted by atomic mass is 9.75. The molecule has 2 aromatic carbocycles. The average molecular weight is 376 g/mol. The number of benzene rings is 2. The molecule has 0 N–H and O–H groups in total. The van der Waals surface area contributed by atoms with Gasteiger partial charge < -0.3 is 9.47 Å². The summed E-state index contributed by atoms with van der Waals surface area (Å²) >= 11 is 0. The van der Waals surface area contributed by atoms with Crippen LogP contribution >= 0.6 is 0 Å². The van der Waals surface area contributed by atoms with Crippen molar-refractivity contribution >= 4 is 17.8 Å². The molecule has 28 heavy (non-hydrogen) atoms. The van der Waals surface area contributed by atoms with Crippen molar-refractivity contribution in [3.8, 4) is 5.75 Å². The van der Waals surface area contributed by atoms with E-state index in [1.807, 2.05) is 66.7 Å². The van der Waals surface area contributed by atoms with Crippen molar-refractivity contribution in [1.29, 1.82) is 0 Å². The zero-order valence-corrected chi connectivity index (χ0v) is 16.1. The molecular formula is C24H24O4. The van der Waals surface area contributed by atoms with Gasteiger partial charge in [0.15, 0.2) is 5.78 Å². The predicted octanol–water partition coefficient (Wildman–Crippen LogP) is 4.57. The molecular weight excluding hydrogens is 352 g/mol. The summed E-state index contributed by atoms with van der Waals surface area (Å²) in [5.74, 6) is -0.872. The average Bonchev–Trinajstić information content (AvgIpc) is 2.73. The SMILES string of the molecule is CCOC(=O)[C@H]1C(=O)C=C(/C=C/c2ccc(OC)cc2)C[C@@H]1c1ccccc1. The van der Waals surface area contributed by atoms with Crippen molar-refractivity contribution in [2.24, 2.45) is 5.92 Å². The van der Waals surface area contributed by atoms with Crippen LogP contribution in [0.1, 0.15) is 30.4 Å². The third-order valence-corrected chi connectivity index (χ3v) is 4.87. The maximum atomic E-state index is 12.8. The minimum Gasteiger partial charge on any atom is -0.497 e. The molecule has 0 unspecified atom stereocenters. The Balaban J connectivity index is 1.86. The summed E-state index contributed by atoms with van der Waals surface area (Å²) in [4.78, 5) is 25.2. The first-order chi connectivity index (χ1) is 13.6. The Kier molecular flexibility index (Phi) is 6.43. The van der Waals surface area contributed by atoms with E-state index in [1.54, 1.807) is 20.1 Å². The molecule has 3 rings (SSSR count). The highest BCUT2D eigenvalue weighted by Crippen LogP contribution is 2.37. The number of ether oxygens (including phenoxy) is 2. The fourth-order valence-electron chi connectivity index (χ4n) is 3.46. The van der Waals surface area contributed by atoms with Gasteiger partial charge in [-0.05, 0) is 48.3 Å². The molecule has 4 nitrogen and oxygen atoms in total. The molecule has 144 valence electrons. The Morgan fingerprint density at radius 1 is 1.07 bits per heavy atom. The van der Waals surface area contributed by atoms with E-state index in [4.69, 9.17) is 9.47 Å². The summed E-state index contributed by atoms with van der Waals surface area (Å²) in [6, 6.07) is 17.4. The smallest absolute Gasteiger partial charge is 0.317 e. The van der Waals surface area contributed by atoms with Crippen LogP contribution in [0.25, 0.3) is 6.08 Å². The van der Waals surface area contributed by atoms with Crippen molar-refractivity contribution in [1.82, 2.24) is 0 Å². The number of allylic oxidation sites excluding steroid dienone is 3. The van der Waals surface area contributed by atoms with Gasteiger partial charge in [0.1, 0.15) is 11.7 Å². The zero-order valence-electron chi connectivity index (χ0n) is 16.1. The summed E-state index contributed by atoms with van der Waals surface area (Å²) in [5, 5.41) is 0. The molecule has 0 amide bonds. The van der Waals surface area contributed by atoms with Gasteiger partial charge in [-0.25, -0.2) is 0 Å². The van der Waals surface area contributed by atoms with Gasteiger partial charge in [-0.3, -0.25) is 9.59 Å². The standard InChI is InChI=1S/C24H24O4/c1-3-28-24(26)23-21(19-7-5-4-6-8-19)15-18(16-22(23)25)10-9-17-11-13-20(27-2)14-12-17/h4-14,16,21,23H,3,15H2,1-2H3/b10-9+/t21-,23-/m1/s1. The summed E-state index contributed by atoms with van der Waals surface area (Å²) < 4.78 is 10.3. The van der Waals surface area contributed by atoms with Crippen LogP contribution in [0.5, 0.6) is 5.75 Å². The van der Waals surface area contributed by atoms with E-state index in [2.05, 4.69) is 0 Å². The van der Waals surface area contributed by atoms with E-state index in [-0.39, 0.29) is 18.3 Å². The maximum Gasteiger partial charge on any atom is 0.317 e. The lowest BCUT2D eigenvalue weighted by Crippen LogP contribution is -2.34. The Morgan fingerprint density at radius 2 is 1.79 bits per heavy atom. The number of hydrogen-bond acceptors (Lipinski definition) is 4. The van der Waals surface area contributed by atoms with E-state index in [0.29, 0.717) is 6.42 Å². The molecule has 2 aromatic rings. The van der Waals surface area contributed by atoms with Crippen molar-refractivity contribution in [3.05, 3.63) is 83.4 Å². The number of esters is 1. The fraction of sp³-hybridized carbons (Fsp3) is 0.250. The van der Waals surface area contributed by atoms with Crippen LogP contribution in [0.3, 0.4) is 0 Å². The number of rotatable bonds is 6. The second kappa shape index (κ2) is 9.18. The minimum atomic E-state index is -0.791. The van der Waals surface area contributed by atoms with E-state index in [9.17, 15) is 9.59 Å².